The van der Waals surface area contributed by atoms with Gasteiger partial charge in [0, 0.05) is 17.3 Å². The van der Waals surface area contributed by atoms with Gasteiger partial charge in [-0.15, -0.1) is 11.8 Å². The number of anilines is 1. The van der Waals surface area contributed by atoms with Gasteiger partial charge in [0.25, 0.3) is 0 Å². The molecule has 1 aliphatic rings. The number of halogens is 1. The van der Waals surface area contributed by atoms with Crippen molar-refractivity contribution >= 4 is 51.9 Å². The molecule has 0 aliphatic carbocycles. The first-order valence-corrected chi connectivity index (χ1v) is 9.37. The molecule has 3 nitrogen and oxygen atoms in total. The second kappa shape index (κ2) is 6.65. The van der Waals surface area contributed by atoms with E-state index in [9.17, 15) is 0 Å². The molecule has 0 spiro atoms. The van der Waals surface area contributed by atoms with Crippen LogP contribution in [0.1, 0.15) is 30.6 Å². The molecule has 0 aromatic carbocycles. The number of hydrogen-bond acceptors (Lipinski definition) is 5. The van der Waals surface area contributed by atoms with E-state index in [0.717, 1.165) is 27.3 Å². The molecule has 1 unspecified atom stereocenters. The van der Waals surface area contributed by atoms with E-state index < -0.39 is 0 Å². The van der Waals surface area contributed by atoms with Crippen molar-refractivity contribution < 1.29 is 0 Å². The summed E-state index contributed by atoms with van der Waals surface area (Å²) < 4.78 is 1.03. The molecule has 0 amide bonds. The monoisotopic (exact) mass is 395 g/mol. The van der Waals surface area contributed by atoms with Crippen LogP contribution >= 0.6 is 46.1 Å². The molecule has 100 valence electrons. The number of nitrogens with zero attached hydrogens (tertiary/aromatic N) is 2. The van der Waals surface area contributed by atoms with Crippen LogP contribution in [0.4, 0.5) is 5.82 Å². The van der Waals surface area contributed by atoms with Gasteiger partial charge in [0.2, 0.25) is 0 Å². The zero-order valence-electron chi connectivity index (χ0n) is 10.6. The maximum atomic E-state index is 6.03. The Bertz CT molecular complexity index is 420. The Hall–Kier alpha value is 0.310. The first kappa shape index (κ1) is 14.7. The zero-order chi connectivity index (χ0) is 13.1. The van der Waals surface area contributed by atoms with E-state index in [-0.39, 0.29) is 0 Å². The Balaban J connectivity index is 2.27. The van der Waals surface area contributed by atoms with E-state index >= 15 is 0 Å². The minimum atomic E-state index is 0.411. The smallest absolute Gasteiger partial charge is 0.144 e. The van der Waals surface area contributed by atoms with Crippen molar-refractivity contribution in [1.29, 1.82) is 0 Å². The van der Waals surface area contributed by atoms with E-state index in [1.165, 1.54) is 11.5 Å². The van der Waals surface area contributed by atoms with Crippen LogP contribution in [0.15, 0.2) is 0 Å². The van der Waals surface area contributed by atoms with Gasteiger partial charge in [0.15, 0.2) is 0 Å². The van der Waals surface area contributed by atoms with Crippen molar-refractivity contribution in [2.24, 2.45) is 5.92 Å². The highest BCUT2D eigenvalue weighted by Gasteiger charge is 2.21. The summed E-state index contributed by atoms with van der Waals surface area (Å²) in [6.45, 7) is 4.42. The molecule has 0 bridgehead atoms. The lowest BCUT2D eigenvalue weighted by molar-refractivity contribution is 0.628. The summed E-state index contributed by atoms with van der Waals surface area (Å²) in [5, 5.41) is 0.411. The SMILES string of the molecule is CC(C)Cc1nc(C2CSCCS2)nc(N)c1I. The molecule has 0 radical (unpaired) electrons. The number of thioether (sulfide) groups is 2. The number of hydrogen-bond donors (Lipinski definition) is 1. The molecule has 1 aromatic heterocycles. The molecule has 1 atom stereocenters. The van der Waals surface area contributed by atoms with Gasteiger partial charge in [-0.1, -0.05) is 13.8 Å². The largest absolute Gasteiger partial charge is 0.383 e. The number of nitrogen functional groups attached to an aromatic ring is 1. The fraction of sp³-hybridized carbons (Fsp3) is 0.667. The predicted octanol–water partition coefficient (Wildman–Crippen LogP) is 3.38. The van der Waals surface area contributed by atoms with Gasteiger partial charge >= 0.3 is 0 Å². The Labute approximate surface area is 131 Å². The summed E-state index contributed by atoms with van der Waals surface area (Å²) >= 11 is 6.20. The van der Waals surface area contributed by atoms with Crippen molar-refractivity contribution in [3.05, 3.63) is 15.1 Å². The molecule has 6 heteroatoms. The van der Waals surface area contributed by atoms with Crippen molar-refractivity contribution in [2.75, 3.05) is 23.0 Å². The van der Waals surface area contributed by atoms with Crippen molar-refractivity contribution in [2.45, 2.75) is 25.5 Å². The molecule has 2 rings (SSSR count). The fourth-order valence-electron chi connectivity index (χ4n) is 1.84. The van der Waals surface area contributed by atoms with Gasteiger partial charge in [-0.2, -0.15) is 11.8 Å². The van der Waals surface area contributed by atoms with E-state index in [0.29, 0.717) is 17.0 Å². The Morgan fingerprint density at radius 1 is 1.39 bits per heavy atom. The average molecular weight is 395 g/mol. The van der Waals surface area contributed by atoms with E-state index in [1.807, 2.05) is 23.5 Å². The molecule has 1 fully saturated rings. The molecular formula is C12H18IN3S2. The zero-order valence-corrected chi connectivity index (χ0v) is 14.4. The predicted molar refractivity (Wildman–Crippen MR) is 90.2 cm³/mol. The third-order valence-corrected chi connectivity index (χ3v) is 6.59. The number of nitrogens with two attached hydrogens (primary N) is 1. The van der Waals surface area contributed by atoms with E-state index in [2.05, 4.69) is 41.4 Å². The lowest BCUT2D eigenvalue weighted by atomic mass is 10.1. The van der Waals surface area contributed by atoms with Gasteiger partial charge in [-0.05, 0) is 34.9 Å². The summed E-state index contributed by atoms with van der Waals surface area (Å²) in [6.07, 6.45) is 0.975. The number of rotatable bonds is 3. The first-order chi connectivity index (χ1) is 8.58. The van der Waals surface area contributed by atoms with Crippen LogP contribution in [-0.2, 0) is 6.42 Å². The number of aromatic nitrogens is 2. The molecule has 18 heavy (non-hydrogen) atoms. The second-order valence-electron chi connectivity index (χ2n) is 4.76. The molecule has 1 saturated heterocycles. The molecule has 2 N–H and O–H groups in total. The molecule has 2 heterocycles. The maximum Gasteiger partial charge on any atom is 0.144 e. The maximum absolute atomic E-state index is 6.03. The summed E-state index contributed by atoms with van der Waals surface area (Å²) in [5.41, 5.74) is 7.14. The third kappa shape index (κ3) is 3.66. The highest BCUT2D eigenvalue weighted by atomic mass is 127. The topological polar surface area (TPSA) is 51.8 Å². The lowest BCUT2D eigenvalue weighted by Gasteiger charge is -2.21. The normalized spacial score (nSPS) is 20.3. The fourth-order valence-corrected chi connectivity index (χ4v) is 4.90. The van der Waals surface area contributed by atoms with Crippen LogP contribution in [-0.4, -0.2) is 27.2 Å². The van der Waals surface area contributed by atoms with Crippen LogP contribution in [0.2, 0.25) is 0 Å². The molecule has 1 aromatic rings. The second-order valence-corrected chi connectivity index (χ2v) is 8.30. The van der Waals surface area contributed by atoms with Crippen LogP contribution in [0.5, 0.6) is 0 Å². The van der Waals surface area contributed by atoms with Gasteiger partial charge in [-0.3, -0.25) is 0 Å². The highest BCUT2D eigenvalue weighted by Crippen LogP contribution is 2.36. The van der Waals surface area contributed by atoms with Gasteiger partial charge < -0.3 is 5.73 Å². The van der Waals surface area contributed by atoms with Crippen molar-refractivity contribution in [3.63, 3.8) is 0 Å². The van der Waals surface area contributed by atoms with Gasteiger partial charge in [0.05, 0.1) is 14.5 Å². The van der Waals surface area contributed by atoms with Gasteiger partial charge in [-0.25, -0.2) is 9.97 Å². The molecule has 0 saturated carbocycles. The van der Waals surface area contributed by atoms with Gasteiger partial charge in [0.1, 0.15) is 11.6 Å². The summed E-state index contributed by atoms with van der Waals surface area (Å²) in [6, 6.07) is 0. The third-order valence-electron chi connectivity index (χ3n) is 2.67. The molecular weight excluding hydrogens is 377 g/mol. The average Bonchev–Trinajstić information content (AvgIpc) is 2.35. The minimum Gasteiger partial charge on any atom is -0.383 e. The highest BCUT2D eigenvalue weighted by molar-refractivity contribution is 14.1. The van der Waals surface area contributed by atoms with E-state index in [4.69, 9.17) is 10.7 Å². The summed E-state index contributed by atoms with van der Waals surface area (Å²) in [4.78, 5) is 9.25. The van der Waals surface area contributed by atoms with Crippen LogP contribution in [0, 0.1) is 9.49 Å². The Morgan fingerprint density at radius 3 is 2.78 bits per heavy atom. The quantitative estimate of drug-likeness (QED) is 0.796. The van der Waals surface area contributed by atoms with Crippen LogP contribution in [0.3, 0.4) is 0 Å². The Kier molecular flexibility index (Phi) is 5.44. The summed E-state index contributed by atoms with van der Waals surface area (Å²) in [5.74, 6) is 5.69. The van der Waals surface area contributed by atoms with Crippen LogP contribution < -0.4 is 5.73 Å². The first-order valence-electron chi connectivity index (χ1n) is 6.09. The standard InChI is InChI=1S/C12H18IN3S2/c1-7(2)5-8-10(13)11(14)16-12(15-8)9-6-17-3-4-18-9/h7,9H,3-6H2,1-2H3,(H2,14,15,16). The van der Waals surface area contributed by atoms with Crippen molar-refractivity contribution in [1.82, 2.24) is 9.97 Å². The molecule has 1 aliphatic heterocycles. The lowest BCUT2D eigenvalue weighted by Crippen LogP contribution is -2.15. The minimum absolute atomic E-state index is 0.411. The summed E-state index contributed by atoms with van der Waals surface area (Å²) in [7, 11) is 0. The van der Waals surface area contributed by atoms with Crippen LogP contribution in [0.25, 0.3) is 0 Å². The van der Waals surface area contributed by atoms with E-state index in [1.54, 1.807) is 0 Å². The van der Waals surface area contributed by atoms with Crippen molar-refractivity contribution in [3.8, 4) is 0 Å². The Morgan fingerprint density at radius 2 is 2.17 bits per heavy atom.